The van der Waals surface area contributed by atoms with E-state index in [1.54, 1.807) is 20.8 Å². The first-order valence-electron chi connectivity index (χ1n) is 7.37. The zero-order chi connectivity index (χ0) is 16.8. The summed E-state index contributed by atoms with van der Waals surface area (Å²) in [4.78, 5) is 24.0. The van der Waals surface area contributed by atoms with Crippen LogP contribution in [0.3, 0.4) is 0 Å². The van der Waals surface area contributed by atoms with Crippen molar-refractivity contribution in [1.29, 1.82) is 0 Å². The molecule has 0 aliphatic carbocycles. The molecule has 0 aliphatic heterocycles. The molecule has 4 nitrogen and oxygen atoms in total. The molecule has 0 aliphatic rings. The zero-order valence-corrected chi connectivity index (χ0v) is 15.6. The van der Waals surface area contributed by atoms with Crippen molar-refractivity contribution < 1.29 is 14.3 Å². The lowest BCUT2D eigenvalue weighted by Crippen LogP contribution is -2.44. The van der Waals surface area contributed by atoms with Crippen LogP contribution in [0.25, 0.3) is 0 Å². The molecule has 1 atom stereocenters. The summed E-state index contributed by atoms with van der Waals surface area (Å²) >= 11 is 0. The highest BCUT2D eigenvalue weighted by Gasteiger charge is 2.24. The van der Waals surface area contributed by atoms with Crippen LogP contribution in [0.15, 0.2) is 0 Å². The Balaban J connectivity index is 4.91. The molecule has 0 radical (unpaired) electrons. The van der Waals surface area contributed by atoms with Gasteiger partial charge in [-0.1, -0.05) is 33.5 Å². The largest absolute Gasteiger partial charge is 0.444 e. The van der Waals surface area contributed by atoms with Crippen molar-refractivity contribution in [3.63, 3.8) is 0 Å². The van der Waals surface area contributed by atoms with Crippen molar-refractivity contribution in [3.8, 4) is 11.5 Å². The second-order valence-electron chi connectivity index (χ2n) is 7.69. The van der Waals surface area contributed by atoms with Crippen LogP contribution >= 0.6 is 0 Å². The molecule has 0 heterocycles. The molecule has 0 bridgehead atoms. The van der Waals surface area contributed by atoms with Gasteiger partial charge in [0.1, 0.15) is 19.7 Å². The van der Waals surface area contributed by atoms with Crippen molar-refractivity contribution in [3.05, 3.63) is 0 Å². The summed E-state index contributed by atoms with van der Waals surface area (Å²) < 4.78 is 5.20. The van der Waals surface area contributed by atoms with Crippen LogP contribution < -0.4 is 5.32 Å². The number of hydrogen-bond acceptors (Lipinski definition) is 3. The van der Waals surface area contributed by atoms with Crippen molar-refractivity contribution in [2.75, 3.05) is 0 Å². The van der Waals surface area contributed by atoms with Gasteiger partial charge >= 0.3 is 6.09 Å². The highest BCUT2D eigenvalue weighted by Crippen LogP contribution is 2.10. The number of alkyl carbamates (subject to hydrolysis) is 1. The van der Waals surface area contributed by atoms with Crippen molar-refractivity contribution in [2.45, 2.75) is 72.3 Å². The third kappa shape index (κ3) is 11.1. The molecule has 1 amide bonds. The number of amides is 1. The fourth-order valence-electron chi connectivity index (χ4n) is 1.49. The maximum atomic E-state index is 12.2. The van der Waals surface area contributed by atoms with Gasteiger partial charge in [-0.2, -0.15) is 0 Å². The van der Waals surface area contributed by atoms with E-state index in [0.29, 0.717) is 6.42 Å². The summed E-state index contributed by atoms with van der Waals surface area (Å²) in [7, 11) is -1.61. The Labute approximate surface area is 130 Å². The van der Waals surface area contributed by atoms with E-state index in [2.05, 4.69) is 36.4 Å². The van der Waals surface area contributed by atoms with Gasteiger partial charge in [-0.05, 0) is 39.0 Å². The van der Waals surface area contributed by atoms with Gasteiger partial charge in [-0.3, -0.25) is 4.79 Å². The molecule has 5 heteroatoms. The van der Waals surface area contributed by atoms with Crippen LogP contribution in [0.2, 0.25) is 19.6 Å². The third-order valence-electron chi connectivity index (χ3n) is 2.28. The quantitative estimate of drug-likeness (QED) is 0.639. The Morgan fingerprint density at radius 2 is 1.71 bits per heavy atom. The molecule has 0 spiro atoms. The van der Waals surface area contributed by atoms with E-state index in [9.17, 15) is 9.59 Å². The average molecular weight is 311 g/mol. The van der Waals surface area contributed by atoms with E-state index in [1.807, 2.05) is 13.8 Å². The predicted molar refractivity (Wildman–Crippen MR) is 88.7 cm³/mol. The summed E-state index contributed by atoms with van der Waals surface area (Å²) in [5.41, 5.74) is 2.46. The van der Waals surface area contributed by atoms with Gasteiger partial charge in [-0.25, -0.2) is 4.79 Å². The molecule has 0 unspecified atom stereocenters. The normalized spacial score (nSPS) is 13.2. The number of Topliss-reactive ketones (excluding diaryl/α,β-unsaturated/α-hetero) is 1. The fourth-order valence-corrected chi connectivity index (χ4v) is 1.99. The van der Waals surface area contributed by atoms with Crippen molar-refractivity contribution in [1.82, 2.24) is 5.32 Å². The van der Waals surface area contributed by atoms with Gasteiger partial charge in [0, 0.05) is 0 Å². The summed E-state index contributed by atoms with van der Waals surface area (Å²) in [5, 5.41) is 2.64. The van der Waals surface area contributed by atoms with E-state index >= 15 is 0 Å². The van der Waals surface area contributed by atoms with Crippen LogP contribution in [0.1, 0.15) is 41.0 Å². The molecule has 0 aromatic heterocycles. The minimum Gasteiger partial charge on any atom is -0.444 e. The number of nitrogens with one attached hydrogen (secondary N) is 1. The van der Waals surface area contributed by atoms with Gasteiger partial charge in [-0.15, -0.1) is 5.54 Å². The minimum atomic E-state index is -1.61. The number of hydrogen-bond donors (Lipinski definition) is 1. The van der Waals surface area contributed by atoms with E-state index < -0.39 is 25.8 Å². The highest BCUT2D eigenvalue weighted by atomic mass is 28.3. The fraction of sp³-hybridized carbons (Fsp3) is 0.750. The topological polar surface area (TPSA) is 55.4 Å². The highest BCUT2D eigenvalue weighted by molar-refractivity contribution is 6.84. The molecule has 1 N–H and O–H groups in total. The molecule has 120 valence electrons. The lowest BCUT2D eigenvalue weighted by atomic mass is 10.0. The lowest BCUT2D eigenvalue weighted by molar-refractivity contribution is -0.116. The number of ketones is 1. The maximum absolute atomic E-state index is 12.2. The standard InChI is InChI=1S/C16H29NO3Si/c1-12(2)11-13(14(18)9-10-21(6,7)8)17-15(19)20-16(3,4)5/h12-13H,11H2,1-8H3,(H,17,19)/t13-/m0/s1. The average Bonchev–Trinajstić information content (AvgIpc) is 2.20. The smallest absolute Gasteiger partial charge is 0.408 e. The van der Waals surface area contributed by atoms with E-state index in [4.69, 9.17) is 4.74 Å². The minimum absolute atomic E-state index is 0.239. The summed E-state index contributed by atoms with van der Waals surface area (Å²) in [6.45, 7) is 15.6. The van der Waals surface area contributed by atoms with Crippen molar-refractivity contribution >= 4 is 20.0 Å². The summed E-state index contributed by atoms with van der Waals surface area (Å²) in [6.07, 6.45) is -0.0188. The lowest BCUT2D eigenvalue weighted by Gasteiger charge is -2.23. The first-order valence-corrected chi connectivity index (χ1v) is 10.9. The van der Waals surface area contributed by atoms with Gasteiger partial charge in [0.25, 0.3) is 0 Å². The Bertz CT molecular complexity index is 433. The number of ether oxygens (including phenoxy) is 1. The molecule has 0 aromatic rings. The monoisotopic (exact) mass is 311 g/mol. The Morgan fingerprint density at radius 3 is 2.10 bits per heavy atom. The van der Waals surface area contributed by atoms with Gasteiger partial charge in [0.2, 0.25) is 5.78 Å². The third-order valence-corrected chi connectivity index (χ3v) is 3.15. The molecular formula is C16H29NO3Si. The summed E-state index contributed by atoms with van der Waals surface area (Å²) in [6, 6.07) is -0.608. The number of rotatable bonds is 4. The number of carbonyl (C=O) groups excluding carboxylic acids is 2. The van der Waals surface area contributed by atoms with Crippen LogP contribution in [-0.4, -0.2) is 31.6 Å². The SMILES string of the molecule is CC(C)C[C@H](NC(=O)OC(C)(C)C)C(=O)C#C[Si](C)(C)C. The molecule has 0 aromatic carbocycles. The molecule has 0 saturated heterocycles. The van der Waals surface area contributed by atoms with Gasteiger partial charge < -0.3 is 10.1 Å². The van der Waals surface area contributed by atoms with E-state index in [1.165, 1.54) is 0 Å². The molecule has 0 rings (SSSR count). The Morgan fingerprint density at radius 1 is 1.19 bits per heavy atom. The summed E-state index contributed by atoms with van der Waals surface area (Å²) in [5.74, 6) is 2.74. The Kier molecular flexibility index (Phi) is 7.18. The Hall–Kier alpha value is -1.28. The predicted octanol–water partition coefficient (Wildman–Crippen LogP) is 3.38. The van der Waals surface area contributed by atoms with Gasteiger partial charge in [0.15, 0.2) is 0 Å². The maximum Gasteiger partial charge on any atom is 0.408 e. The van der Waals surface area contributed by atoms with Crippen molar-refractivity contribution in [2.24, 2.45) is 5.92 Å². The van der Waals surface area contributed by atoms with E-state index in [-0.39, 0.29) is 11.7 Å². The first kappa shape index (κ1) is 19.7. The first-order chi connectivity index (χ1) is 9.30. The molecule has 21 heavy (non-hydrogen) atoms. The van der Waals surface area contributed by atoms with Gasteiger partial charge in [0.05, 0.1) is 0 Å². The zero-order valence-electron chi connectivity index (χ0n) is 14.6. The second-order valence-corrected chi connectivity index (χ2v) is 12.4. The van der Waals surface area contributed by atoms with Crippen LogP contribution in [0.4, 0.5) is 4.79 Å². The number of carbonyl (C=O) groups is 2. The molecular weight excluding hydrogens is 282 g/mol. The molecule has 0 fully saturated rings. The van der Waals surface area contributed by atoms with E-state index in [0.717, 1.165) is 0 Å². The molecule has 0 saturated carbocycles. The second kappa shape index (κ2) is 7.65. The van der Waals surface area contributed by atoms with Crippen LogP contribution in [0, 0.1) is 17.4 Å². The van der Waals surface area contributed by atoms with Crippen LogP contribution in [-0.2, 0) is 9.53 Å². The van der Waals surface area contributed by atoms with Crippen LogP contribution in [0.5, 0.6) is 0 Å².